The highest BCUT2D eigenvalue weighted by molar-refractivity contribution is 7.90. The molecule has 0 saturated carbocycles. The fourth-order valence-electron chi connectivity index (χ4n) is 2.51. The summed E-state index contributed by atoms with van der Waals surface area (Å²) in [5.74, 6) is -0.689. The topological polar surface area (TPSA) is 87.3 Å². The quantitative estimate of drug-likeness (QED) is 0.484. The Morgan fingerprint density at radius 3 is 2.17 bits per heavy atom. The first-order valence-electron chi connectivity index (χ1n) is 8.85. The third kappa shape index (κ3) is 6.03. The van der Waals surface area contributed by atoms with Crippen LogP contribution in [0.4, 0.5) is 5.69 Å². The zero-order chi connectivity index (χ0) is 21.6. The number of carbonyl (C=O) groups is 1. The van der Waals surface area contributed by atoms with Gasteiger partial charge in [0.1, 0.15) is 0 Å². The Balaban J connectivity index is 1.57. The molecule has 0 unspecified atom stereocenters. The van der Waals surface area contributed by atoms with Crippen molar-refractivity contribution < 1.29 is 13.2 Å². The van der Waals surface area contributed by atoms with Crippen LogP contribution in [0.5, 0.6) is 0 Å². The summed E-state index contributed by atoms with van der Waals surface area (Å²) in [4.78, 5) is 12.1. The van der Waals surface area contributed by atoms with Crippen molar-refractivity contribution in [2.45, 2.75) is 11.4 Å². The summed E-state index contributed by atoms with van der Waals surface area (Å²) in [6, 6.07) is 21.4. The van der Waals surface area contributed by atoms with Gasteiger partial charge < -0.3 is 10.6 Å². The minimum absolute atomic E-state index is 0.0302. The SMILES string of the molecule is O=C(NS(=O)(=O)c1ccc(NC(=S)NCc2ccc(Cl)cc2)cc1)c1ccccc1. The lowest BCUT2D eigenvalue weighted by atomic mass is 10.2. The first-order valence-corrected chi connectivity index (χ1v) is 11.1. The molecular weight excluding hydrogens is 442 g/mol. The Morgan fingerprint density at radius 1 is 0.900 bits per heavy atom. The van der Waals surface area contributed by atoms with Crippen molar-refractivity contribution in [1.82, 2.24) is 10.0 Å². The maximum atomic E-state index is 12.4. The van der Waals surface area contributed by atoms with Crippen LogP contribution in [0.1, 0.15) is 15.9 Å². The average Bonchev–Trinajstić information content (AvgIpc) is 2.74. The van der Waals surface area contributed by atoms with E-state index in [0.717, 1.165) is 5.56 Å². The minimum Gasteiger partial charge on any atom is -0.358 e. The number of halogens is 1. The number of benzene rings is 3. The Morgan fingerprint density at radius 2 is 1.53 bits per heavy atom. The van der Waals surface area contributed by atoms with Gasteiger partial charge in [0, 0.05) is 22.8 Å². The molecule has 6 nitrogen and oxygen atoms in total. The van der Waals surface area contributed by atoms with Gasteiger partial charge in [0.25, 0.3) is 15.9 Å². The summed E-state index contributed by atoms with van der Waals surface area (Å²) in [6.45, 7) is 0.515. The van der Waals surface area contributed by atoms with Crippen molar-refractivity contribution in [2.24, 2.45) is 0 Å². The van der Waals surface area contributed by atoms with Gasteiger partial charge in [-0.15, -0.1) is 0 Å². The minimum atomic E-state index is -3.99. The summed E-state index contributed by atoms with van der Waals surface area (Å²) >= 11 is 11.1. The second kappa shape index (κ2) is 9.71. The maximum absolute atomic E-state index is 12.4. The molecule has 0 spiro atoms. The van der Waals surface area contributed by atoms with Crippen LogP contribution in [0.25, 0.3) is 0 Å². The molecule has 3 aromatic carbocycles. The summed E-state index contributed by atoms with van der Waals surface area (Å²) in [7, 11) is -3.99. The van der Waals surface area contributed by atoms with E-state index < -0.39 is 15.9 Å². The Kier molecular flexibility index (Phi) is 7.04. The van der Waals surface area contributed by atoms with Crippen molar-refractivity contribution >= 4 is 50.5 Å². The van der Waals surface area contributed by atoms with Crippen LogP contribution in [-0.2, 0) is 16.6 Å². The van der Waals surface area contributed by atoms with E-state index in [1.54, 1.807) is 42.5 Å². The van der Waals surface area contributed by atoms with E-state index in [1.807, 2.05) is 12.1 Å². The number of thiocarbonyl (C=S) groups is 1. The Bertz CT molecular complexity index is 1130. The Hall–Kier alpha value is -2.94. The van der Waals surface area contributed by atoms with Crippen molar-refractivity contribution in [3.8, 4) is 0 Å². The van der Waals surface area contributed by atoms with E-state index >= 15 is 0 Å². The molecule has 9 heteroatoms. The van der Waals surface area contributed by atoms with Crippen LogP contribution in [0.3, 0.4) is 0 Å². The monoisotopic (exact) mass is 459 g/mol. The molecule has 0 aliphatic heterocycles. The van der Waals surface area contributed by atoms with Crippen molar-refractivity contribution in [3.05, 3.63) is 95.0 Å². The number of anilines is 1. The van der Waals surface area contributed by atoms with Gasteiger partial charge in [-0.1, -0.05) is 41.9 Å². The molecule has 3 N–H and O–H groups in total. The van der Waals surface area contributed by atoms with E-state index in [9.17, 15) is 13.2 Å². The molecule has 0 atom stereocenters. The molecule has 0 fully saturated rings. The largest absolute Gasteiger partial charge is 0.358 e. The number of hydrogen-bond acceptors (Lipinski definition) is 4. The van der Waals surface area contributed by atoms with Crippen molar-refractivity contribution in [3.63, 3.8) is 0 Å². The molecule has 3 aromatic rings. The predicted molar refractivity (Wildman–Crippen MR) is 122 cm³/mol. The summed E-state index contributed by atoms with van der Waals surface area (Å²) in [6.07, 6.45) is 0. The molecule has 0 saturated heterocycles. The number of amides is 1. The van der Waals surface area contributed by atoms with E-state index in [4.69, 9.17) is 23.8 Å². The maximum Gasteiger partial charge on any atom is 0.264 e. The molecule has 0 aromatic heterocycles. The molecule has 0 aliphatic rings. The highest BCUT2D eigenvalue weighted by Gasteiger charge is 2.18. The zero-order valence-corrected chi connectivity index (χ0v) is 18.0. The van der Waals surface area contributed by atoms with Gasteiger partial charge in [-0.2, -0.15) is 0 Å². The molecule has 3 rings (SSSR count). The van der Waals surface area contributed by atoms with Gasteiger partial charge >= 0.3 is 0 Å². The summed E-state index contributed by atoms with van der Waals surface area (Å²) in [5, 5.41) is 7.09. The number of nitrogens with one attached hydrogen (secondary N) is 3. The normalized spacial score (nSPS) is 10.8. The molecule has 30 heavy (non-hydrogen) atoms. The number of carbonyl (C=O) groups excluding carboxylic acids is 1. The van der Waals surface area contributed by atoms with Gasteiger partial charge in [-0.25, -0.2) is 13.1 Å². The lowest BCUT2D eigenvalue weighted by Crippen LogP contribution is -2.30. The van der Waals surface area contributed by atoms with Crippen LogP contribution in [0, 0.1) is 0 Å². The van der Waals surface area contributed by atoms with Gasteiger partial charge in [0.2, 0.25) is 0 Å². The van der Waals surface area contributed by atoms with Crippen molar-refractivity contribution in [2.75, 3.05) is 5.32 Å². The standard InChI is InChI=1S/C21H18ClN3O3S2/c22-17-8-6-15(7-9-17)14-23-21(29)24-18-10-12-19(13-11-18)30(27,28)25-20(26)16-4-2-1-3-5-16/h1-13H,14H2,(H,25,26)(H2,23,24,29). The second-order valence-electron chi connectivity index (χ2n) is 6.26. The van der Waals surface area contributed by atoms with Gasteiger partial charge in [-0.3, -0.25) is 4.79 Å². The van der Waals surface area contributed by atoms with Crippen LogP contribution < -0.4 is 15.4 Å². The van der Waals surface area contributed by atoms with Crippen LogP contribution in [0.2, 0.25) is 5.02 Å². The molecule has 1 amide bonds. The van der Waals surface area contributed by atoms with E-state index in [2.05, 4.69) is 15.4 Å². The van der Waals surface area contributed by atoms with Gasteiger partial charge in [0.05, 0.1) is 4.90 Å². The van der Waals surface area contributed by atoms with Crippen LogP contribution in [0.15, 0.2) is 83.8 Å². The van der Waals surface area contributed by atoms with Gasteiger partial charge in [-0.05, 0) is 66.3 Å². The summed E-state index contributed by atoms with van der Waals surface area (Å²) < 4.78 is 26.9. The first-order chi connectivity index (χ1) is 14.3. The molecule has 0 heterocycles. The predicted octanol–water partition coefficient (Wildman–Crippen LogP) is 3.95. The lowest BCUT2D eigenvalue weighted by molar-refractivity contribution is 0.0981. The number of rotatable bonds is 6. The molecule has 0 aliphatic carbocycles. The first kappa shape index (κ1) is 21.8. The average molecular weight is 460 g/mol. The fourth-order valence-corrected chi connectivity index (χ4v) is 3.80. The number of hydrogen-bond donors (Lipinski definition) is 3. The Labute approximate surface area is 185 Å². The molecule has 0 bridgehead atoms. The molecule has 154 valence electrons. The van der Waals surface area contributed by atoms with Crippen LogP contribution >= 0.6 is 23.8 Å². The highest BCUT2D eigenvalue weighted by atomic mass is 35.5. The zero-order valence-electron chi connectivity index (χ0n) is 15.6. The van der Waals surface area contributed by atoms with E-state index in [-0.39, 0.29) is 10.5 Å². The summed E-state index contributed by atoms with van der Waals surface area (Å²) in [5.41, 5.74) is 1.88. The lowest BCUT2D eigenvalue weighted by Gasteiger charge is -2.12. The third-order valence-electron chi connectivity index (χ3n) is 4.05. The van der Waals surface area contributed by atoms with E-state index in [1.165, 1.54) is 24.3 Å². The van der Waals surface area contributed by atoms with Crippen LogP contribution in [-0.4, -0.2) is 19.4 Å². The van der Waals surface area contributed by atoms with Gasteiger partial charge in [0.15, 0.2) is 5.11 Å². The highest BCUT2D eigenvalue weighted by Crippen LogP contribution is 2.15. The third-order valence-corrected chi connectivity index (χ3v) is 5.90. The number of sulfonamides is 1. The second-order valence-corrected chi connectivity index (χ2v) is 8.79. The smallest absolute Gasteiger partial charge is 0.264 e. The van der Waals surface area contributed by atoms with E-state index in [0.29, 0.717) is 22.4 Å². The molecular formula is C21H18ClN3O3S2. The van der Waals surface area contributed by atoms with Crippen molar-refractivity contribution in [1.29, 1.82) is 0 Å². The molecule has 0 radical (unpaired) electrons. The fraction of sp³-hybridized carbons (Fsp3) is 0.0476.